The predicted octanol–water partition coefficient (Wildman–Crippen LogP) is 2.80. The van der Waals surface area contributed by atoms with Gasteiger partial charge >= 0.3 is 0 Å². The van der Waals surface area contributed by atoms with Crippen LogP contribution in [-0.2, 0) is 5.41 Å². The Hall–Kier alpha value is -1.29. The number of nitrogens with zero attached hydrogens (tertiary/aromatic N) is 1. The number of hydrogen-bond acceptors (Lipinski definition) is 1. The van der Waals surface area contributed by atoms with E-state index in [2.05, 4.69) is 44.2 Å². The summed E-state index contributed by atoms with van der Waals surface area (Å²) in [5, 5.41) is 9.10. The van der Waals surface area contributed by atoms with Crippen LogP contribution in [-0.4, -0.2) is 0 Å². The average molecular weight is 171 g/mol. The first-order chi connectivity index (χ1) is 6.19. The van der Waals surface area contributed by atoms with Gasteiger partial charge in [-0.25, -0.2) is 0 Å². The molecule has 0 heterocycles. The fourth-order valence-electron chi connectivity index (χ4n) is 1.90. The Morgan fingerprint density at radius 1 is 1.38 bits per heavy atom. The van der Waals surface area contributed by atoms with Crippen LogP contribution in [0, 0.1) is 24.2 Å². The minimum Gasteiger partial charge on any atom is -0.197 e. The van der Waals surface area contributed by atoms with Crippen molar-refractivity contribution in [2.75, 3.05) is 0 Å². The van der Waals surface area contributed by atoms with Crippen molar-refractivity contribution in [2.45, 2.75) is 25.7 Å². The molecule has 13 heavy (non-hydrogen) atoms. The highest BCUT2D eigenvalue weighted by atomic mass is 14.6. The highest BCUT2D eigenvalue weighted by Gasteiger charge is 2.52. The van der Waals surface area contributed by atoms with E-state index in [1.165, 1.54) is 11.1 Å². The fraction of sp³-hybridized carbons (Fsp3) is 0.417. The SMILES string of the molecule is Cc1ccc([C@]2(C#N)CC2C)cc1. The van der Waals surface area contributed by atoms with Crippen LogP contribution in [0.2, 0.25) is 0 Å². The highest BCUT2D eigenvalue weighted by molar-refractivity contribution is 5.41. The van der Waals surface area contributed by atoms with Gasteiger partial charge in [-0.1, -0.05) is 36.8 Å². The van der Waals surface area contributed by atoms with Gasteiger partial charge in [-0.3, -0.25) is 0 Å². The molecule has 1 aromatic rings. The molecule has 0 aromatic heterocycles. The molecule has 1 heteroatoms. The minimum absolute atomic E-state index is 0.159. The summed E-state index contributed by atoms with van der Waals surface area (Å²) in [4.78, 5) is 0. The summed E-state index contributed by atoms with van der Waals surface area (Å²) >= 11 is 0. The Balaban J connectivity index is 2.38. The fourth-order valence-corrected chi connectivity index (χ4v) is 1.90. The third kappa shape index (κ3) is 1.14. The van der Waals surface area contributed by atoms with Gasteiger partial charge in [0.05, 0.1) is 11.5 Å². The minimum atomic E-state index is -0.159. The van der Waals surface area contributed by atoms with Crippen molar-refractivity contribution in [1.82, 2.24) is 0 Å². The molecule has 1 unspecified atom stereocenters. The highest BCUT2D eigenvalue weighted by Crippen LogP contribution is 2.53. The lowest BCUT2D eigenvalue weighted by Gasteiger charge is -2.07. The molecule has 0 bridgehead atoms. The molecule has 2 rings (SSSR count). The van der Waals surface area contributed by atoms with Gasteiger partial charge in [0, 0.05) is 0 Å². The molecule has 1 saturated carbocycles. The summed E-state index contributed by atoms with van der Waals surface area (Å²) < 4.78 is 0. The maximum atomic E-state index is 9.10. The van der Waals surface area contributed by atoms with Crippen LogP contribution in [0.3, 0.4) is 0 Å². The van der Waals surface area contributed by atoms with Crippen LogP contribution in [0.15, 0.2) is 24.3 Å². The molecular formula is C12H13N. The van der Waals surface area contributed by atoms with Crippen LogP contribution in [0.4, 0.5) is 0 Å². The van der Waals surface area contributed by atoms with E-state index in [1.807, 2.05) is 0 Å². The Morgan fingerprint density at radius 3 is 2.31 bits per heavy atom. The second kappa shape index (κ2) is 2.60. The lowest BCUT2D eigenvalue weighted by molar-refractivity contribution is 0.791. The first-order valence-corrected chi connectivity index (χ1v) is 4.67. The van der Waals surface area contributed by atoms with E-state index in [1.54, 1.807) is 0 Å². The van der Waals surface area contributed by atoms with Crippen molar-refractivity contribution in [2.24, 2.45) is 5.92 Å². The van der Waals surface area contributed by atoms with Crippen molar-refractivity contribution >= 4 is 0 Å². The standard InChI is InChI=1S/C12H13N/c1-9-3-5-11(6-4-9)12(8-13)7-10(12)2/h3-6,10H,7H2,1-2H3/t10?,12-/m0/s1. The van der Waals surface area contributed by atoms with Gasteiger partial charge in [0.25, 0.3) is 0 Å². The Bertz CT molecular complexity index is 358. The first kappa shape index (κ1) is 8.31. The predicted molar refractivity (Wildman–Crippen MR) is 52.3 cm³/mol. The van der Waals surface area contributed by atoms with E-state index >= 15 is 0 Å². The van der Waals surface area contributed by atoms with Crippen molar-refractivity contribution in [3.63, 3.8) is 0 Å². The number of benzene rings is 1. The van der Waals surface area contributed by atoms with Crippen LogP contribution in [0.5, 0.6) is 0 Å². The molecule has 2 atom stereocenters. The van der Waals surface area contributed by atoms with Gasteiger partial charge in [-0.05, 0) is 24.8 Å². The lowest BCUT2D eigenvalue weighted by atomic mass is 9.94. The summed E-state index contributed by atoms with van der Waals surface area (Å²) in [5.41, 5.74) is 2.28. The number of aryl methyl sites for hydroxylation is 1. The first-order valence-electron chi connectivity index (χ1n) is 4.67. The van der Waals surface area contributed by atoms with Crippen LogP contribution >= 0.6 is 0 Å². The zero-order chi connectivity index (χ0) is 9.47. The molecule has 1 aliphatic carbocycles. The van der Waals surface area contributed by atoms with Gasteiger partial charge in [0.1, 0.15) is 0 Å². The monoisotopic (exact) mass is 171 g/mol. The second-order valence-corrected chi connectivity index (χ2v) is 4.05. The summed E-state index contributed by atoms with van der Waals surface area (Å²) in [6.07, 6.45) is 1.02. The molecule has 0 N–H and O–H groups in total. The van der Waals surface area contributed by atoms with E-state index in [9.17, 15) is 0 Å². The van der Waals surface area contributed by atoms with Gasteiger partial charge < -0.3 is 0 Å². The maximum Gasteiger partial charge on any atom is 0.0851 e. The van der Waals surface area contributed by atoms with Crippen molar-refractivity contribution in [1.29, 1.82) is 5.26 Å². The normalized spacial score (nSPS) is 31.0. The Kier molecular flexibility index (Phi) is 1.66. The molecule has 0 spiro atoms. The molecule has 0 radical (unpaired) electrons. The van der Waals surface area contributed by atoms with Gasteiger partial charge in [0.2, 0.25) is 0 Å². The molecule has 1 fully saturated rings. The van der Waals surface area contributed by atoms with E-state index in [0.29, 0.717) is 5.92 Å². The van der Waals surface area contributed by atoms with Crippen molar-refractivity contribution in [3.05, 3.63) is 35.4 Å². The lowest BCUT2D eigenvalue weighted by Crippen LogP contribution is -2.05. The maximum absolute atomic E-state index is 9.10. The van der Waals surface area contributed by atoms with Crippen LogP contribution < -0.4 is 0 Å². The number of nitriles is 1. The molecule has 0 aliphatic heterocycles. The number of hydrogen-bond donors (Lipinski definition) is 0. The van der Waals surface area contributed by atoms with Gasteiger partial charge in [0.15, 0.2) is 0 Å². The summed E-state index contributed by atoms with van der Waals surface area (Å²) in [7, 11) is 0. The summed E-state index contributed by atoms with van der Waals surface area (Å²) in [6, 6.07) is 10.8. The quantitative estimate of drug-likeness (QED) is 0.637. The smallest absolute Gasteiger partial charge is 0.0851 e. The average Bonchev–Trinajstić information content (AvgIpc) is 2.79. The number of rotatable bonds is 1. The van der Waals surface area contributed by atoms with Crippen LogP contribution in [0.25, 0.3) is 0 Å². The van der Waals surface area contributed by atoms with Gasteiger partial charge in [-0.2, -0.15) is 5.26 Å². The topological polar surface area (TPSA) is 23.8 Å². The zero-order valence-electron chi connectivity index (χ0n) is 8.04. The summed E-state index contributed by atoms with van der Waals surface area (Å²) in [5.74, 6) is 0.528. The van der Waals surface area contributed by atoms with E-state index in [-0.39, 0.29) is 5.41 Å². The van der Waals surface area contributed by atoms with E-state index in [4.69, 9.17) is 5.26 Å². The third-order valence-electron chi connectivity index (χ3n) is 3.08. The van der Waals surface area contributed by atoms with Gasteiger partial charge in [-0.15, -0.1) is 0 Å². The molecule has 0 amide bonds. The Labute approximate surface area is 79.0 Å². The van der Waals surface area contributed by atoms with Crippen molar-refractivity contribution < 1.29 is 0 Å². The molecule has 66 valence electrons. The van der Waals surface area contributed by atoms with Crippen LogP contribution in [0.1, 0.15) is 24.5 Å². The molecule has 1 aliphatic rings. The summed E-state index contributed by atoms with van der Waals surface area (Å²) in [6.45, 7) is 4.21. The van der Waals surface area contributed by atoms with E-state index in [0.717, 1.165) is 6.42 Å². The van der Waals surface area contributed by atoms with E-state index < -0.39 is 0 Å². The molecule has 0 saturated heterocycles. The largest absolute Gasteiger partial charge is 0.197 e. The molecule has 1 aromatic carbocycles. The Morgan fingerprint density at radius 2 is 1.92 bits per heavy atom. The zero-order valence-corrected chi connectivity index (χ0v) is 8.04. The molecular weight excluding hydrogens is 158 g/mol. The third-order valence-corrected chi connectivity index (χ3v) is 3.08. The van der Waals surface area contributed by atoms with Crippen molar-refractivity contribution in [3.8, 4) is 6.07 Å². The molecule has 1 nitrogen and oxygen atoms in total. The second-order valence-electron chi connectivity index (χ2n) is 4.05.